The fraction of sp³-hybridized carbons (Fsp3) is 0.259. The molecule has 1 N–H and O–H groups in total. The molecule has 0 bridgehead atoms. The molecule has 4 rings (SSSR count). The van der Waals surface area contributed by atoms with E-state index in [-0.39, 0.29) is 35.4 Å². The Balaban J connectivity index is 1.81. The quantitative estimate of drug-likeness (QED) is 0.261. The second kappa shape index (κ2) is 10.5. The van der Waals surface area contributed by atoms with Gasteiger partial charge in [0.05, 0.1) is 34.7 Å². The van der Waals surface area contributed by atoms with Gasteiger partial charge >= 0.3 is 12.4 Å². The molecule has 12 heteroatoms. The van der Waals surface area contributed by atoms with E-state index in [1.54, 1.807) is 27.0 Å². The van der Waals surface area contributed by atoms with Gasteiger partial charge in [-0.3, -0.25) is 9.78 Å². The Labute approximate surface area is 219 Å². The number of carbonyl (C=O) groups is 1. The van der Waals surface area contributed by atoms with E-state index in [1.165, 1.54) is 41.4 Å². The zero-order chi connectivity index (χ0) is 28.5. The largest absolute Gasteiger partial charge is 0.418 e. The summed E-state index contributed by atoms with van der Waals surface area (Å²) < 4.78 is 79.8. The molecule has 204 valence electrons. The number of nitrogens with zero attached hydrogens (tertiary/aromatic N) is 4. The number of benzene rings is 1. The second-order valence-electron chi connectivity index (χ2n) is 9.18. The third-order valence-electron chi connectivity index (χ3n) is 5.84. The van der Waals surface area contributed by atoms with Crippen LogP contribution in [-0.4, -0.2) is 32.8 Å². The fourth-order valence-electron chi connectivity index (χ4n) is 3.97. The number of anilines is 2. The highest BCUT2D eigenvalue weighted by Crippen LogP contribution is 2.36. The first-order chi connectivity index (χ1) is 18.2. The van der Waals surface area contributed by atoms with E-state index < -0.39 is 23.5 Å². The maximum Gasteiger partial charge on any atom is 0.418 e. The zero-order valence-corrected chi connectivity index (χ0v) is 21.0. The second-order valence-corrected chi connectivity index (χ2v) is 9.18. The molecule has 0 aliphatic heterocycles. The van der Waals surface area contributed by atoms with Crippen molar-refractivity contribution in [2.24, 2.45) is 5.92 Å². The molecule has 0 spiro atoms. The van der Waals surface area contributed by atoms with Gasteiger partial charge in [0.15, 0.2) is 5.65 Å². The summed E-state index contributed by atoms with van der Waals surface area (Å²) in [4.78, 5) is 26.6. The summed E-state index contributed by atoms with van der Waals surface area (Å²) in [6.45, 7) is 3.55. The molecule has 0 radical (unpaired) electrons. The number of rotatable bonds is 6. The maximum atomic E-state index is 13.6. The fourth-order valence-corrected chi connectivity index (χ4v) is 3.97. The highest BCUT2D eigenvalue weighted by molar-refractivity contribution is 5.92. The highest BCUT2D eigenvalue weighted by Gasteiger charge is 2.35. The average molecular weight is 548 g/mol. The van der Waals surface area contributed by atoms with Crippen molar-refractivity contribution in [3.05, 3.63) is 77.6 Å². The van der Waals surface area contributed by atoms with Crippen LogP contribution in [0, 0.1) is 5.92 Å². The van der Waals surface area contributed by atoms with Crippen LogP contribution >= 0.6 is 0 Å². The van der Waals surface area contributed by atoms with Crippen LogP contribution in [-0.2, 0) is 23.7 Å². The first-order valence-corrected chi connectivity index (χ1v) is 11.8. The Kier molecular flexibility index (Phi) is 7.49. The summed E-state index contributed by atoms with van der Waals surface area (Å²) in [6, 6.07) is 11.0. The minimum atomic E-state index is -4.66. The van der Waals surface area contributed by atoms with Gasteiger partial charge in [0.1, 0.15) is 5.69 Å². The third-order valence-corrected chi connectivity index (χ3v) is 5.84. The van der Waals surface area contributed by atoms with Crippen molar-refractivity contribution in [1.82, 2.24) is 19.9 Å². The van der Waals surface area contributed by atoms with Gasteiger partial charge in [-0.1, -0.05) is 13.8 Å². The molecule has 0 aliphatic carbocycles. The summed E-state index contributed by atoms with van der Waals surface area (Å²) in [5, 5.41) is 3.45. The summed E-state index contributed by atoms with van der Waals surface area (Å²) >= 11 is 0. The van der Waals surface area contributed by atoms with Crippen LogP contribution in [0.2, 0.25) is 0 Å². The van der Waals surface area contributed by atoms with Crippen molar-refractivity contribution in [3.63, 3.8) is 0 Å². The van der Waals surface area contributed by atoms with E-state index in [0.29, 0.717) is 22.5 Å². The smallest absolute Gasteiger partial charge is 0.355 e. The van der Waals surface area contributed by atoms with Crippen molar-refractivity contribution < 1.29 is 31.1 Å². The third kappa shape index (κ3) is 6.27. The number of pyridine rings is 3. The topological polar surface area (TPSA) is 71.0 Å². The van der Waals surface area contributed by atoms with Crippen molar-refractivity contribution in [3.8, 4) is 11.4 Å². The number of hydrogen-bond donors (Lipinski definition) is 1. The normalized spacial score (nSPS) is 12.2. The lowest BCUT2D eigenvalue weighted by Crippen LogP contribution is -2.30. The van der Waals surface area contributed by atoms with Crippen molar-refractivity contribution in [2.75, 3.05) is 12.4 Å². The van der Waals surface area contributed by atoms with Gasteiger partial charge in [0.2, 0.25) is 5.91 Å². The number of carbonyl (C=O) groups excluding carboxylic acids is 1. The molecule has 1 aromatic carbocycles. The Morgan fingerprint density at radius 3 is 2.26 bits per heavy atom. The minimum Gasteiger partial charge on any atom is -0.355 e. The lowest BCUT2D eigenvalue weighted by Gasteiger charge is -2.20. The summed E-state index contributed by atoms with van der Waals surface area (Å²) in [5.41, 5.74) is -1.03. The van der Waals surface area contributed by atoms with Gasteiger partial charge < -0.3 is 10.2 Å². The average Bonchev–Trinajstić information content (AvgIpc) is 2.87. The Morgan fingerprint density at radius 2 is 1.64 bits per heavy atom. The molecule has 0 unspecified atom stereocenters. The number of hydrogen-bond acceptors (Lipinski definition) is 5. The Bertz CT molecular complexity index is 1500. The van der Waals surface area contributed by atoms with E-state index in [1.807, 2.05) is 0 Å². The molecular formula is C27H23F6N5O. The van der Waals surface area contributed by atoms with Gasteiger partial charge in [-0.2, -0.15) is 26.3 Å². The Hall–Kier alpha value is -4.22. The number of nitrogens with one attached hydrogen (secondary N) is 1. The SMILES string of the molecule is CC(C)C(=O)N(C)Cc1cc(Nc2ccc(C(F)(F)F)cc2)c2ccc(-c3ncccc3C(F)(F)F)nc2n1. The standard InChI is InChI=1S/C27H23F6N5O/c1-15(2)25(39)38(3)14-18-13-22(35-17-8-6-16(7-9-17)26(28,29)30)19-10-11-21(37-24(19)36-18)23-20(27(31,32)33)5-4-12-34-23/h4-13,15H,14H2,1-3H3,(H,35,36,37). The van der Waals surface area contributed by atoms with Gasteiger partial charge in [-0.05, 0) is 54.6 Å². The lowest BCUT2D eigenvalue weighted by atomic mass is 10.1. The predicted octanol–water partition coefficient (Wildman–Crippen LogP) is 7.09. The van der Waals surface area contributed by atoms with E-state index in [4.69, 9.17) is 0 Å². The molecule has 0 atom stereocenters. The first-order valence-electron chi connectivity index (χ1n) is 11.8. The monoisotopic (exact) mass is 547 g/mol. The lowest BCUT2D eigenvalue weighted by molar-refractivity contribution is -0.138. The molecule has 39 heavy (non-hydrogen) atoms. The maximum absolute atomic E-state index is 13.6. The van der Waals surface area contributed by atoms with Gasteiger partial charge in [-0.25, -0.2) is 9.97 Å². The zero-order valence-electron chi connectivity index (χ0n) is 21.0. The molecule has 0 fully saturated rings. The van der Waals surface area contributed by atoms with Crippen LogP contribution in [0.15, 0.2) is 60.8 Å². The van der Waals surface area contributed by atoms with Crippen molar-refractivity contribution >= 4 is 28.3 Å². The molecule has 0 saturated carbocycles. The van der Waals surface area contributed by atoms with Gasteiger partial charge in [-0.15, -0.1) is 0 Å². The summed E-state index contributed by atoms with van der Waals surface area (Å²) in [7, 11) is 1.59. The van der Waals surface area contributed by atoms with Crippen LogP contribution in [0.1, 0.15) is 30.7 Å². The predicted molar refractivity (Wildman–Crippen MR) is 134 cm³/mol. The molecule has 6 nitrogen and oxygen atoms in total. The van der Waals surface area contributed by atoms with E-state index in [0.717, 1.165) is 18.2 Å². The number of alkyl halides is 6. The molecule has 0 saturated heterocycles. The Morgan fingerprint density at radius 1 is 0.949 bits per heavy atom. The van der Waals surface area contributed by atoms with Gasteiger partial charge in [0, 0.05) is 30.2 Å². The van der Waals surface area contributed by atoms with Crippen LogP contribution in [0.3, 0.4) is 0 Å². The molecule has 4 aromatic rings. The van der Waals surface area contributed by atoms with Crippen molar-refractivity contribution in [2.45, 2.75) is 32.7 Å². The van der Waals surface area contributed by atoms with Crippen LogP contribution < -0.4 is 5.32 Å². The van der Waals surface area contributed by atoms with Gasteiger partial charge in [0.25, 0.3) is 0 Å². The molecule has 1 amide bonds. The highest BCUT2D eigenvalue weighted by atomic mass is 19.4. The van der Waals surface area contributed by atoms with E-state index in [2.05, 4.69) is 20.3 Å². The summed E-state index contributed by atoms with van der Waals surface area (Å²) in [6.07, 6.45) is -7.93. The molecular weight excluding hydrogens is 524 g/mol. The van der Waals surface area contributed by atoms with Crippen LogP contribution in [0.25, 0.3) is 22.4 Å². The minimum absolute atomic E-state index is 0.0628. The number of halogens is 6. The van der Waals surface area contributed by atoms with Crippen LogP contribution in [0.5, 0.6) is 0 Å². The van der Waals surface area contributed by atoms with E-state index >= 15 is 0 Å². The number of fused-ring (bicyclic) bond motifs is 1. The molecule has 0 aliphatic rings. The molecule has 3 heterocycles. The van der Waals surface area contributed by atoms with E-state index in [9.17, 15) is 31.1 Å². The van der Waals surface area contributed by atoms with Crippen LogP contribution in [0.4, 0.5) is 37.7 Å². The number of aromatic nitrogens is 3. The van der Waals surface area contributed by atoms with Crippen molar-refractivity contribution in [1.29, 1.82) is 0 Å². The summed E-state index contributed by atoms with van der Waals surface area (Å²) in [5.74, 6) is -0.436. The number of amides is 1. The molecule has 3 aromatic heterocycles. The first kappa shape index (κ1) is 27.8.